The lowest BCUT2D eigenvalue weighted by Gasteiger charge is -2.28. The average Bonchev–Trinajstić information content (AvgIpc) is 2.96. The molecule has 1 unspecified atom stereocenters. The summed E-state index contributed by atoms with van der Waals surface area (Å²) >= 11 is 0. The summed E-state index contributed by atoms with van der Waals surface area (Å²) in [5.41, 5.74) is -1.62. The molecule has 0 aliphatic carbocycles. The maximum absolute atomic E-state index is 12.4. The quantitative estimate of drug-likeness (QED) is 0.681. The lowest BCUT2D eigenvalue weighted by atomic mass is 9.99. The second kappa shape index (κ2) is 7.90. The zero-order chi connectivity index (χ0) is 20.5. The van der Waals surface area contributed by atoms with Crippen LogP contribution >= 0.6 is 0 Å². The van der Waals surface area contributed by atoms with Crippen molar-refractivity contribution in [3.63, 3.8) is 0 Å². The predicted molar refractivity (Wildman–Crippen MR) is 102 cm³/mol. The van der Waals surface area contributed by atoms with E-state index in [-0.39, 0.29) is 30.8 Å². The third kappa shape index (κ3) is 3.89. The number of aromatic nitrogens is 2. The van der Waals surface area contributed by atoms with Gasteiger partial charge in [-0.15, -0.1) is 0 Å². The molecular formula is C20H26N2O6. The van der Waals surface area contributed by atoms with Gasteiger partial charge >= 0.3 is 5.69 Å². The van der Waals surface area contributed by atoms with E-state index in [1.165, 1.54) is 10.8 Å². The van der Waals surface area contributed by atoms with Crippen molar-refractivity contribution in [2.24, 2.45) is 5.92 Å². The number of rotatable bonds is 6. The van der Waals surface area contributed by atoms with Gasteiger partial charge in [0.15, 0.2) is 0 Å². The summed E-state index contributed by atoms with van der Waals surface area (Å²) in [6, 6.07) is 9.51. The van der Waals surface area contributed by atoms with Gasteiger partial charge in [-0.1, -0.05) is 44.2 Å². The van der Waals surface area contributed by atoms with Crippen molar-refractivity contribution < 1.29 is 19.7 Å². The van der Waals surface area contributed by atoms with Crippen molar-refractivity contribution in [1.29, 1.82) is 0 Å². The molecule has 1 saturated heterocycles. The third-order valence-corrected chi connectivity index (χ3v) is 5.01. The summed E-state index contributed by atoms with van der Waals surface area (Å²) in [4.78, 5) is 27.0. The standard InChI is InChI=1S/C20H26N2O6/c1-12(2)17(13-7-5-4-6-8-13)27-15-10-22(19(26)21-18(15)25)20(3)9-14(24)16(11-23)28-20/h4-8,10,12,14,16-17,23-24H,9,11H2,1-3H3,(H,21,25,26)/t14-,16+,17?,20+/m0/s1. The first-order chi connectivity index (χ1) is 13.2. The number of aliphatic hydroxyl groups excluding tert-OH is 2. The highest BCUT2D eigenvalue weighted by Gasteiger charge is 2.44. The molecule has 0 saturated carbocycles. The van der Waals surface area contributed by atoms with E-state index in [9.17, 15) is 19.8 Å². The molecule has 1 aliphatic rings. The molecule has 4 atom stereocenters. The molecule has 1 aliphatic heterocycles. The van der Waals surface area contributed by atoms with Crippen LogP contribution in [0.15, 0.2) is 46.1 Å². The van der Waals surface area contributed by atoms with Gasteiger partial charge in [0.1, 0.15) is 17.9 Å². The van der Waals surface area contributed by atoms with Gasteiger partial charge in [0.2, 0.25) is 5.75 Å². The predicted octanol–water partition coefficient (Wildman–Crippen LogP) is 1.13. The number of H-pyrrole nitrogens is 1. The first kappa shape index (κ1) is 20.3. The van der Waals surface area contributed by atoms with E-state index in [4.69, 9.17) is 9.47 Å². The van der Waals surface area contributed by atoms with Gasteiger partial charge in [-0.2, -0.15) is 0 Å². The molecule has 2 aromatic rings. The number of aliphatic hydroxyl groups is 2. The van der Waals surface area contributed by atoms with Crippen LogP contribution in [0.4, 0.5) is 0 Å². The lowest BCUT2D eigenvalue weighted by molar-refractivity contribution is -0.108. The Balaban J connectivity index is 1.98. The van der Waals surface area contributed by atoms with Gasteiger partial charge in [-0.05, 0) is 18.4 Å². The van der Waals surface area contributed by atoms with Crippen LogP contribution in [0.25, 0.3) is 0 Å². The summed E-state index contributed by atoms with van der Waals surface area (Å²) in [5, 5.41) is 19.4. The summed E-state index contributed by atoms with van der Waals surface area (Å²) in [5.74, 6) is 0.0509. The fourth-order valence-corrected chi connectivity index (χ4v) is 3.54. The number of benzene rings is 1. The van der Waals surface area contributed by atoms with E-state index in [0.717, 1.165) is 5.56 Å². The Morgan fingerprint density at radius 2 is 2.00 bits per heavy atom. The van der Waals surface area contributed by atoms with E-state index in [2.05, 4.69) is 4.98 Å². The second-order valence-electron chi connectivity index (χ2n) is 7.60. The highest BCUT2D eigenvalue weighted by molar-refractivity contribution is 5.21. The smallest absolute Gasteiger partial charge is 0.330 e. The number of hydrogen-bond acceptors (Lipinski definition) is 6. The molecule has 152 valence electrons. The van der Waals surface area contributed by atoms with Crippen molar-refractivity contribution in [2.75, 3.05) is 6.61 Å². The summed E-state index contributed by atoms with van der Waals surface area (Å²) in [6.07, 6.45) is -0.713. The van der Waals surface area contributed by atoms with E-state index in [1.54, 1.807) is 6.92 Å². The molecule has 0 spiro atoms. The first-order valence-corrected chi connectivity index (χ1v) is 9.30. The largest absolute Gasteiger partial charge is 0.478 e. The van der Waals surface area contributed by atoms with E-state index >= 15 is 0 Å². The van der Waals surface area contributed by atoms with Crippen LogP contribution in [0, 0.1) is 5.92 Å². The highest BCUT2D eigenvalue weighted by atomic mass is 16.6. The molecule has 0 amide bonds. The minimum atomic E-state index is -1.22. The molecule has 1 fully saturated rings. The molecule has 2 heterocycles. The topological polar surface area (TPSA) is 114 Å². The minimum Gasteiger partial charge on any atom is -0.478 e. The van der Waals surface area contributed by atoms with Crippen molar-refractivity contribution in [3.05, 3.63) is 62.9 Å². The Morgan fingerprint density at radius 3 is 2.57 bits per heavy atom. The Morgan fingerprint density at radius 1 is 1.32 bits per heavy atom. The SMILES string of the molecule is CC(C)C(Oc1cn([C@@]2(C)C[C@H](O)[C@@H](CO)O2)c(=O)[nH]c1=O)c1ccccc1. The number of aromatic amines is 1. The maximum atomic E-state index is 12.4. The molecule has 1 aromatic heterocycles. The Labute approximate surface area is 162 Å². The number of hydrogen-bond donors (Lipinski definition) is 3. The fourth-order valence-electron chi connectivity index (χ4n) is 3.54. The minimum absolute atomic E-state index is 0.0195. The number of nitrogens with zero attached hydrogens (tertiary/aromatic N) is 1. The van der Waals surface area contributed by atoms with E-state index < -0.39 is 29.2 Å². The Kier molecular flexibility index (Phi) is 5.74. The zero-order valence-corrected chi connectivity index (χ0v) is 16.2. The maximum Gasteiger partial charge on any atom is 0.330 e. The average molecular weight is 390 g/mol. The molecule has 28 heavy (non-hydrogen) atoms. The van der Waals surface area contributed by atoms with Gasteiger partial charge in [0.05, 0.1) is 18.9 Å². The monoisotopic (exact) mass is 390 g/mol. The van der Waals surface area contributed by atoms with Crippen molar-refractivity contribution in [2.45, 2.75) is 51.2 Å². The second-order valence-corrected chi connectivity index (χ2v) is 7.60. The molecule has 8 heteroatoms. The van der Waals surface area contributed by atoms with E-state index in [1.807, 2.05) is 44.2 Å². The molecule has 0 bridgehead atoms. The highest BCUT2D eigenvalue weighted by Crippen LogP contribution is 2.34. The normalized spacial score (nSPS) is 25.8. The molecular weight excluding hydrogens is 364 g/mol. The van der Waals surface area contributed by atoms with Crippen LogP contribution in [0.2, 0.25) is 0 Å². The Hall–Kier alpha value is -2.42. The molecule has 8 nitrogen and oxygen atoms in total. The van der Waals surface area contributed by atoms with Gasteiger partial charge in [0.25, 0.3) is 5.56 Å². The molecule has 1 aromatic carbocycles. The lowest BCUT2D eigenvalue weighted by Crippen LogP contribution is -2.42. The van der Waals surface area contributed by atoms with Gasteiger partial charge in [0, 0.05) is 6.42 Å². The molecule has 3 N–H and O–H groups in total. The Bertz CT molecular complexity index is 922. The van der Waals surface area contributed by atoms with Gasteiger partial charge in [-0.3, -0.25) is 14.3 Å². The van der Waals surface area contributed by atoms with Crippen LogP contribution in [-0.4, -0.2) is 38.6 Å². The third-order valence-electron chi connectivity index (χ3n) is 5.01. The zero-order valence-electron chi connectivity index (χ0n) is 16.2. The van der Waals surface area contributed by atoms with Gasteiger partial charge in [-0.25, -0.2) is 4.79 Å². The first-order valence-electron chi connectivity index (χ1n) is 9.30. The van der Waals surface area contributed by atoms with Crippen LogP contribution in [-0.2, 0) is 10.5 Å². The van der Waals surface area contributed by atoms with Crippen LogP contribution < -0.4 is 16.0 Å². The van der Waals surface area contributed by atoms with Crippen molar-refractivity contribution >= 4 is 0 Å². The molecule has 0 radical (unpaired) electrons. The van der Waals surface area contributed by atoms with Crippen LogP contribution in [0.1, 0.15) is 38.9 Å². The number of ether oxygens (including phenoxy) is 2. The summed E-state index contributed by atoms with van der Waals surface area (Å²) in [6.45, 7) is 5.20. The number of nitrogens with one attached hydrogen (secondary N) is 1. The fraction of sp³-hybridized carbons (Fsp3) is 0.500. The molecule has 3 rings (SSSR count). The van der Waals surface area contributed by atoms with Gasteiger partial charge < -0.3 is 19.7 Å². The summed E-state index contributed by atoms with van der Waals surface area (Å²) < 4.78 is 12.9. The van der Waals surface area contributed by atoms with Crippen LogP contribution in [0.3, 0.4) is 0 Å². The van der Waals surface area contributed by atoms with E-state index in [0.29, 0.717) is 0 Å². The van der Waals surface area contributed by atoms with Crippen molar-refractivity contribution in [3.8, 4) is 5.75 Å². The summed E-state index contributed by atoms with van der Waals surface area (Å²) in [7, 11) is 0. The van der Waals surface area contributed by atoms with Crippen LogP contribution in [0.5, 0.6) is 5.75 Å². The van der Waals surface area contributed by atoms with Crippen molar-refractivity contribution in [1.82, 2.24) is 9.55 Å².